The Kier molecular flexibility index (Phi) is 2.54. The van der Waals surface area contributed by atoms with E-state index >= 15 is 0 Å². The van der Waals surface area contributed by atoms with E-state index in [2.05, 4.69) is 5.10 Å². The summed E-state index contributed by atoms with van der Waals surface area (Å²) in [5.41, 5.74) is 6.44. The number of carboxylic acid groups (broad SMARTS) is 1. The first kappa shape index (κ1) is 10.5. The Bertz CT molecular complexity index is 551. The molecule has 0 saturated carbocycles. The lowest BCUT2D eigenvalue weighted by molar-refractivity contribution is 0.0698. The van der Waals surface area contributed by atoms with Crippen molar-refractivity contribution < 1.29 is 9.90 Å². The molecule has 0 saturated heterocycles. The van der Waals surface area contributed by atoms with Gasteiger partial charge >= 0.3 is 5.97 Å². The van der Waals surface area contributed by atoms with E-state index < -0.39 is 5.97 Å². The summed E-state index contributed by atoms with van der Waals surface area (Å²) in [6, 6.07) is 4.71. The number of carbonyl (C=O) groups is 1. The highest BCUT2D eigenvalue weighted by Crippen LogP contribution is 2.22. The summed E-state index contributed by atoms with van der Waals surface area (Å²) in [6.45, 7) is 0. The molecule has 0 unspecified atom stereocenters. The third-order valence-corrected chi connectivity index (χ3v) is 2.31. The fourth-order valence-corrected chi connectivity index (χ4v) is 1.51. The van der Waals surface area contributed by atoms with Crippen LogP contribution >= 0.6 is 11.6 Å². The molecule has 6 heteroatoms. The van der Waals surface area contributed by atoms with E-state index in [-0.39, 0.29) is 11.3 Å². The second kappa shape index (κ2) is 3.86. The average molecular weight is 238 g/mol. The Hall–Kier alpha value is -2.01. The second-order valence-electron chi connectivity index (χ2n) is 3.15. The summed E-state index contributed by atoms with van der Waals surface area (Å²) in [6.07, 6.45) is 3.01. The number of hydrogen-bond acceptors (Lipinski definition) is 3. The van der Waals surface area contributed by atoms with E-state index in [0.717, 1.165) is 0 Å². The Morgan fingerprint density at radius 3 is 2.81 bits per heavy atom. The van der Waals surface area contributed by atoms with E-state index in [1.807, 2.05) is 0 Å². The number of aromatic nitrogens is 2. The van der Waals surface area contributed by atoms with Crippen molar-refractivity contribution in [3.05, 3.63) is 41.2 Å². The van der Waals surface area contributed by atoms with Crippen molar-refractivity contribution in [1.82, 2.24) is 9.78 Å². The van der Waals surface area contributed by atoms with Gasteiger partial charge in [-0.05, 0) is 12.1 Å². The van der Waals surface area contributed by atoms with Gasteiger partial charge in [0.2, 0.25) is 0 Å². The van der Waals surface area contributed by atoms with Gasteiger partial charge in [0.25, 0.3) is 0 Å². The maximum atomic E-state index is 10.9. The molecule has 0 atom stereocenters. The molecule has 0 bridgehead atoms. The molecule has 82 valence electrons. The van der Waals surface area contributed by atoms with E-state index in [1.54, 1.807) is 18.3 Å². The van der Waals surface area contributed by atoms with E-state index in [9.17, 15) is 4.79 Å². The fourth-order valence-electron chi connectivity index (χ4n) is 1.37. The maximum absolute atomic E-state index is 10.9. The standard InChI is InChI=1S/C10H8ClN3O2/c11-6-4-13-14(5-6)8-3-1-2-7(9(8)12)10(15)16/h1-5H,12H2,(H,15,16). The van der Waals surface area contributed by atoms with Crippen LogP contribution in [0.25, 0.3) is 5.69 Å². The second-order valence-corrected chi connectivity index (χ2v) is 3.58. The van der Waals surface area contributed by atoms with Crippen molar-refractivity contribution in [3.8, 4) is 5.69 Å². The Morgan fingerprint density at radius 1 is 1.50 bits per heavy atom. The summed E-state index contributed by atoms with van der Waals surface area (Å²) in [4.78, 5) is 10.9. The Labute approximate surface area is 96.1 Å². The van der Waals surface area contributed by atoms with Crippen molar-refractivity contribution in [2.24, 2.45) is 0 Å². The lowest BCUT2D eigenvalue weighted by Gasteiger charge is -2.07. The maximum Gasteiger partial charge on any atom is 0.337 e. The minimum Gasteiger partial charge on any atom is -0.478 e. The molecule has 0 aliphatic heterocycles. The van der Waals surface area contributed by atoms with Crippen molar-refractivity contribution in [3.63, 3.8) is 0 Å². The minimum absolute atomic E-state index is 0.0455. The summed E-state index contributed by atoms with van der Waals surface area (Å²) in [7, 11) is 0. The van der Waals surface area contributed by atoms with Gasteiger partial charge in [-0.15, -0.1) is 0 Å². The van der Waals surface area contributed by atoms with Crippen LogP contribution in [0.4, 0.5) is 5.69 Å². The first-order valence-electron chi connectivity index (χ1n) is 4.42. The molecule has 1 heterocycles. The summed E-state index contributed by atoms with van der Waals surface area (Å²) in [5.74, 6) is -1.07. The predicted octanol–water partition coefficient (Wildman–Crippen LogP) is 1.81. The van der Waals surface area contributed by atoms with E-state index in [0.29, 0.717) is 10.7 Å². The number of hydrogen-bond donors (Lipinski definition) is 2. The first-order chi connectivity index (χ1) is 7.59. The smallest absolute Gasteiger partial charge is 0.337 e. The Balaban J connectivity index is 2.58. The third kappa shape index (κ3) is 1.72. The van der Waals surface area contributed by atoms with Crippen molar-refractivity contribution in [2.75, 3.05) is 5.73 Å². The number of aromatic carboxylic acids is 1. The molecular weight excluding hydrogens is 230 g/mol. The van der Waals surface area contributed by atoms with Gasteiger partial charge in [0.15, 0.2) is 0 Å². The molecule has 1 aromatic carbocycles. The normalized spacial score (nSPS) is 10.3. The van der Waals surface area contributed by atoms with Crippen LogP contribution in [-0.2, 0) is 0 Å². The molecule has 3 N–H and O–H groups in total. The SMILES string of the molecule is Nc1c(C(=O)O)cccc1-n1cc(Cl)cn1. The minimum atomic E-state index is -1.07. The zero-order valence-corrected chi connectivity index (χ0v) is 8.85. The number of nitrogens with zero attached hydrogens (tertiary/aromatic N) is 2. The van der Waals surface area contributed by atoms with Crippen LogP contribution in [0.15, 0.2) is 30.6 Å². The monoisotopic (exact) mass is 237 g/mol. The zero-order valence-electron chi connectivity index (χ0n) is 8.09. The average Bonchev–Trinajstić information content (AvgIpc) is 2.64. The number of anilines is 1. The topological polar surface area (TPSA) is 81.1 Å². The number of rotatable bonds is 2. The lowest BCUT2D eigenvalue weighted by atomic mass is 10.1. The summed E-state index contributed by atoms with van der Waals surface area (Å²) in [5, 5.41) is 13.3. The number of nitrogen functional groups attached to an aromatic ring is 1. The van der Waals surface area contributed by atoms with E-state index in [1.165, 1.54) is 16.9 Å². The van der Waals surface area contributed by atoms with Crippen LogP contribution in [0.3, 0.4) is 0 Å². The van der Waals surface area contributed by atoms with Crippen LogP contribution < -0.4 is 5.73 Å². The molecule has 0 aliphatic rings. The molecule has 0 aliphatic carbocycles. The van der Waals surface area contributed by atoms with Gasteiger partial charge in [0.1, 0.15) is 0 Å². The van der Waals surface area contributed by atoms with Crippen LogP contribution in [0.1, 0.15) is 10.4 Å². The number of nitrogens with two attached hydrogens (primary N) is 1. The Morgan fingerprint density at radius 2 is 2.25 bits per heavy atom. The molecule has 0 amide bonds. The molecule has 2 rings (SSSR count). The molecule has 0 spiro atoms. The highest BCUT2D eigenvalue weighted by Gasteiger charge is 2.12. The van der Waals surface area contributed by atoms with Gasteiger partial charge in [-0.3, -0.25) is 0 Å². The third-order valence-electron chi connectivity index (χ3n) is 2.11. The zero-order chi connectivity index (χ0) is 11.7. The molecule has 5 nitrogen and oxygen atoms in total. The van der Waals surface area contributed by atoms with Crippen LogP contribution in [0.5, 0.6) is 0 Å². The molecule has 1 aromatic heterocycles. The number of benzene rings is 1. The summed E-state index contributed by atoms with van der Waals surface area (Å²) < 4.78 is 1.43. The van der Waals surface area contributed by atoms with Crippen molar-refractivity contribution in [2.45, 2.75) is 0 Å². The highest BCUT2D eigenvalue weighted by molar-refractivity contribution is 6.30. The van der Waals surface area contributed by atoms with Crippen molar-refractivity contribution in [1.29, 1.82) is 0 Å². The highest BCUT2D eigenvalue weighted by atomic mass is 35.5. The molecule has 0 fully saturated rings. The van der Waals surface area contributed by atoms with Gasteiger partial charge in [0.05, 0.1) is 28.2 Å². The largest absolute Gasteiger partial charge is 0.478 e. The van der Waals surface area contributed by atoms with Gasteiger partial charge in [-0.25, -0.2) is 9.48 Å². The fraction of sp³-hybridized carbons (Fsp3) is 0. The molecule has 2 aromatic rings. The van der Waals surface area contributed by atoms with Gasteiger partial charge in [-0.1, -0.05) is 17.7 Å². The number of para-hydroxylation sites is 1. The molecule has 0 radical (unpaired) electrons. The first-order valence-corrected chi connectivity index (χ1v) is 4.79. The number of carboxylic acids is 1. The van der Waals surface area contributed by atoms with Gasteiger partial charge < -0.3 is 10.8 Å². The number of halogens is 1. The van der Waals surface area contributed by atoms with E-state index in [4.69, 9.17) is 22.4 Å². The predicted molar refractivity (Wildman–Crippen MR) is 59.9 cm³/mol. The summed E-state index contributed by atoms with van der Waals surface area (Å²) >= 11 is 5.72. The van der Waals surface area contributed by atoms with Gasteiger partial charge in [0, 0.05) is 6.20 Å². The van der Waals surface area contributed by atoms with Crippen LogP contribution in [-0.4, -0.2) is 20.9 Å². The lowest BCUT2D eigenvalue weighted by Crippen LogP contribution is -2.07. The van der Waals surface area contributed by atoms with Gasteiger partial charge in [-0.2, -0.15) is 5.10 Å². The molecule has 16 heavy (non-hydrogen) atoms. The van der Waals surface area contributed by atoms with Crippen LogP contribution in [0.2, 0.25) is 5.02 Å². The van der Waals surface area contributed by atoms with Crippen LogP contribution in [0, 0.1) is 0 Å². The molecular formula is C10H8ClN3O2. The quantitative estimate of drug-likeness (QED) is 0.781. The van der Waals surface area contributed by atoms with Crippen molar-refractivity contribution >= 4 is 23.3 Å².